The van der Waals surface area contributed by atoms with E-state index in [9.17, 15) is 13.2 Å². The number of aryl methyl sites for hydroxylation is 1. The summed E-state index contributed by atoms with van der Waals surface area (Å²) in [6.45, 7) is 1.87. The maximum Gasteiger partial charge on any atom is 0.257 e. The number of amides is 1. The zero-order valence-electron chi connectivity index (χ0n) is 14.8. The SMILES string of the molecule is Cc1ccc(S(=O)(=O)NNC(=O)C(c2ccccc2)c2ccccc2)cc1. The molecule has 3 aromatic carbocycles. The van der Waals surface area contributed by atoms with Crippen LogP contribution in [-0.2, 0) is 14.8 Å². The van der Waals surface area contributed by atoms with Crippen molar-refractivity contribution >= 4 is 15.9 Å². The Morgan fingerprint density at radius 1 is 0.778 bits per heavy atom. The predicted molar refractivity (Wildman–Crippen MR) is 104 cm³/mol. The van der Waals surface area contributed by atoms with Gasteiger partial charge >= 0.3 is 0 Å². The van der Waals surface area contributed by atoms with Crippen LogP contribution < -0.4 is 10.3 Å². The van der Waals surface area contributed by atoms with E-state index in [0.717, 1.165) is 16.7 Å². The van der Waals surface area contributed by atoms with Gasteiger partial charge in [0.15, 0.2) is 0 Å². The molecule has 0 aliphatic carbocycles. The highest BCUT2D eigenvalue weighted by molar-refractivity contribution is 7.89. The summed E-state index contributed by atoms with van der Waals surface area (Å²) in [4.78, 5) is 15.1. The minimum Gasteiger partial charge on any atom is -0.277 e. The quantitative estimate of drug-likeness (QED) is 0.645. The Labute approximate surface area is 159 Å². The average molecular weight is 380 g/mol. The molecule has 0 aromatic heterocycles. The summed E-state index contributed by atoms with van der Waals surface area (Å²) in [5.41, 5.74) is 4.85. The van der Waals surface area contributed by atoms with Crippen LogP contribution in [0.5, 0.6) is 0 Å². The zero-order valence-corrected chi connectivity index (χ0v) is 15.6. The summed E-state index contributed by atoms with van der Waals surface area (Å²) in [6.07, 6.45) is 0. The molecule has 3 rings (SSSR count). The Morgan fingerprint density at radius 3 is 1.74 bits per heavy atom. The van der Waals surface area contributed by atoms with Gasteiger partial charge in [-0.2, -0.15) is 0 Å². The molecule has 0 saturated heterocycles. The number of nitrogens with one attached hydrogen (secondary N) is 2. The standard InChI is InChI=1S/C21H20N2O3S/c1-16-12-14-19(15-13-16)27(25,26)23-22-21(24)20(17-8-4-2-5-9-17)18-10-6-3-7-11-18/h2-15,20,23H,1H3,(H,22,24). The summed E-state index contributed by atoms with van der Waals surface area (Å²) in [5, 5.41) is 0. The van der Waals surface area contributed by atoms with E-state index in [1.807, 2.05) is 67.6 Å². The highest BCUT2D eigenvalue weighted by Crippen LogP contribution is 2.24. The molecule has 0 radical (unpaired) electrons. The summed E-state index contributed by atoms with van der Waals surface area (Å²) in [5.74, 6) is -1.09. The van der Waals surface area contributed by atoms with Crippen molar-refractivity contribution in [2.45, 2.75) is 17.7 Å². The fourth-order valence-corrected chi connectivity index (χ4v) is 3.60. The Morgan fingerprint density at radius 2 is 1.26 bits per heavy atom. The minimum absolute atomic E-state index is 0.0874. The molecule has 0 saturated carbocycles. The first kappa shape index (κ1) is 18.8. The molecule has 0 bridgehead atoms. The van der Waals surface area contributed by atoms with Crippen molar-refractivity contribution in [2.24, 2.45) is 0 Å². The maximum atomic E-state index is 12.8. The molecule has 5 nitrogen and oxygen atoms in total. The van der Waals surface area contributed by atoms with Crippen LogP contribution in [0.2, 0.25) is 0 Å². The lowest BCUT2D eigenvalue weighted by molar-refractivity contribution is -0.122. The van der Waals surface area contributed by atoms with Crippen molar-refractivity contribution in [2.75, 3.05) is 0 Å². The molecule has 6 heteroatoms. The first-order chi connectivity index (χ1) is 13.0. The Kier molecular flexibility index (Phi) is 5.69. The van der Waals surface area contributed by atoms with E-state index in [1.54, 1.807) is 12.1 Å². The molecule has 0 spiro atoms. The molecule has 0 unspecified atom stereocenters. The van der Waals surface area contributed by atoms with Gasteiger partial charge in [0.05, 0.1) is 10.8 Å². The Balaban J connectivity index is 1.82. The third-order valence-corrected chi connectivity index (χ3v) is 5.43. The molecule has 0 aliphatic heterocycles. The second-order valence-corrected chi connectivity index (χ2v) is 7.84. The Bertz CT molecular complexity index is 963. The van der Waals surface area contributed by atoms with E-state index in [0.29, 0.717) is 0 Å². The van der Waals surface area contributed by atoms with Gasteiger partial charge in [-0.1, -0.05) is 78.4 Å². The molecular weight excluding hydrogens is 360 g/mol. The highest BCUT2D eigenvalue weighted by atomic mass is 32.2. The fourth-order valence-electron chi connectivity index (χ4n) is 2.75. The van der Waals surface area contributed by atoms with Gasteiger partial charge in [0.25, 0.3) is 10.0 Å². The third kappa shape index (κ3) is 4.61. The zero-order chi connectivity index (χ0) is 19.3. The van der Waals surface area contributed by atoms with Crippen LogP contribution in [0.15, 0.2) is 89.8 Å². The van der Waals surface area contributed by atoms with Crippen LogP contribution in [0.3, 0.4) is 0 Å². The largest absolute Gasteiger partial charge is 0.277 e. The lowest BCUT2D eigenvalue weighted by Crippen LogP contribution is -2.44. The molecule has 0 aliphatic rings. The van der Waals surface area contributed by atoms with E-state index in [-0.39, 0.29) is 4.90 Å². The number of hydrogen-bond donors (Lipinski definition) is 2. The molecular formula is C21H20N2O3S. The highest BCUT2D eigenvalue weighted by Gasteiger charge is 2.24. The smallest absolute Gasteiger partial charge is 0.257 e. The van der Waals surface area contributed by atoms with Gasteiger partial charge in [-0.05, 0) is 30.2 Å². The summed E-state index contributed by atoms with van der Waals surface area (Å²) < 4.78 is 24.8. The van der Waals surface area contributed by atoms with Crippen LogP contribution in [0.1, 0.15) is 22.6 Å². The lowest BCUT2D eigenvalue weighted by Gasteiger charge is -2.18. The van der Waals surface area contributed by atoms with Crippen LogP contribution in [-0.4, -0.2) is 14.3 Å². The fraction of sp³-hybridized carbons (Fsp3) is 0.0952. The summed E-state index contributed by atoms with van der Waals surface area (Å²) >= 11 is 0. The van der Waals surface area contributed by atoms with Gasteiger partial charge in [0.2, 0.25) is 5.91 Å². The van der Waals surface area contributed by atoms with Crippen molar-refractivity contribution in [1.82, 2.24) is 10.3 Å². The molecule has 27 heavy (non-hydrogen) atoms. The van der Waals surface area contributed by atoms with Crippen LogP contribution in [0.25, 0.3) is 0 Å². The van der Waals surface area contributed by atoms with Crippen molar-refractivity contribution < 1.29 is 13.2 Å². The number of carbonyl (C=O) groups is 1. The molecule has 0 heterocycles. The van der Waals surface area contributed by atoms with E-state index in [1.165, 1.54) is 12.1 Å². The third-order valence-electron chi connectivity index (χ3n) is 4.17. The number of hydrazine groups is 1. The number of benzene rings is 3. The molecule has 138 valence electrons. The number of rotatable bonds is 6. The average Bonchev–Trinajstić information content (AvgIpc) is 2.69. The van der Waals surface area contributed by atoms with Crippen LogP contribution in [0.4, 0.5) is 0 Å². The van der Waals surface area contributed by atoms with E-state index >= 15 is 0 Å². The predicted octanol–water partition coefficient (Wildman–Crippen LogP) is 3.14. The maximum absolute atomic E-state index is 12.8. The van der Waals surface area contributed by atoms with E-state index < -0.39 is 21.8 Å². The second-order valence-electron chi connectivity index (χ2n) is 6.16. The number of carbonyl (C=O) groups excluding carboxylic acids is 1. The van der Waals surface area contributed by atoms with Crippen molar-refractivity contribution in [1.29, 1.82) is 0 Å². The van der Waals surface area contributed by atoms with Gasteiger partial charge in [-0.25, -0.2) is 8.42 Å². The van der Waals surface area contributed by atoms with Crippen LogP contribution >= 0.6 is 0 Å². The van der Waals surface area contributed by atoms with Gasteiger partial charge in [-0.15, -0.1) is 4.83 Å². The first-order valence-electron chi connectivity index (χ1n) is 8.45. The number of sulfonamides is 1. The molecule has 3 aromatic rings. The topological polar surface area (TPSA) is 75.3 Å². The molecule has 2 N–H and O–H groups in total. The molecule has 0 fully saturated rings. The lowest BCUT2D eigenvalue weighted by atomic mass is 9.91. The monoisotopic (exact) mass is 380 g/mol. The van der Waals surface area contributed by atoms with Gasteiger partial charge in [0.1, 0.15) is 0 Å². The summed E-state index contributed by atoms with van der Waals surface area (Å²) in [7, 11) is -3.85. The molecule has 1 amide bonds. The van der Waals surface area contributed by atoms with Crippen molar-refractivity contribution in [3.63, 3.8) is 0 Å². The van der Waals surface area contributed by atoms with Gasteiger partial charge in [-0.3, -0.25) is 10.2 Å². The van der Waals surface area contributed by atoms with E-state index in [4.69, 9.17) is 0 Å². The Hall–Kier alpha value is -2.96. The molecule has 0 atom stereocenters. The van der Waals surface area contributed by atoms with E-state index in [2.05, 4.69) is 10.3 Å². The van der Waals surface area contributed by atoms with Gasteiger partial charge in [0, 0.05) is 0 Å². The normalized spacial score (nSPS) is 11.3. The van der Waals surface area contributed by atoms with Crippen LogP contribution in [0, 0.1) is 6.92 Å². The number of hydrogen-bond acceptors (Lipinski definition) is 3. The van der Waals surface area contributed by atoms with Crippen molar-refractivity contribution in [3.8, 4) is 0 Å². The van der Waals surface area contributed by atoms with Crippen molar-refractivity contribution in [3.05, 3.63) is 102 Å². The summed E-state index contributed by atoms with van der Waals surface area (Å²) in [6, 6.07) is 24.8. The second kappa shape index (κ2) is 8.16. The first-order valence-corrected chi connectivity index (χ1v) is 9.94. The minimum atomic E-state index is -3.85. The van der Waals surface area contributed by atoms with Gasteiger partial charge < -0.3 is 0 Å².